The van der Waals surface area contributed by atoms with Crippen molar-refractivity contribution in [1.82, 2.24) is 14.9 Å². The molecule has 1 N–H and O–H groups in total. The zero-order valence-corrected chi connectivity index (χ0v) is 18.1. The normalized spacial score (nSPS) is 17.7. The minimum atomic E-state index is -3.03. The van der Waals surface area contributed by atoms with Crippen molar-refractivity contribution in [2.75, 3.05) is 29.6 Å². The first kappa shape index (κ1) is 20.6. The zero-order chi connectivity index (χ0) is 21.1. The molecule has 2 aromatic carbocycles. The molecular formula is C21H22N4O3S2. The number of benzene rings is 2. The highest BCUT2D eigenvalue weighted by Crippen LogP contribution is 2.27. The Balaban J connectivity index is 1.51. The van der Waals surface area contributed by atoms with E-state index in [4.69, 9.17) is 0 Å². The summed E-state index contributed by atoms with van der Waals surface area (Å²) < 4.78 is 23.4. The summed E-state index contributed by atoms with van der Waals surface area (Å²) >= 11 is 1.25. The van der Waals surface area contributed by atoms with E-state index in [-0.39, 0.29) is 29.2 Å². The van der Waals surface area contributed by atoms with E-state index in [0.29, 0.717) is 17.4 Å². The Morgan fingerprint density at radius 3 is 2.60 bits per heavy atom. The molecule has 1 saturated heterocycles. The number of rotatable bonds is 6. The third-order valence-electron chi connectivity index (χ3n) is 5.09. The molecule has 1 unspecified atom stereocenters. The number of thioether (sulfide) groups is 1. The maximum Gasteiger partial charge on any atom is 0.233 e. The predicted molar refractivity (Wildman–Crippen MR) is 120 cm³/mol. The van der Waals surface area contributed by atoms with E-state index in [1.165, 1.54) is 11.8 Å². The van der Waals surface area contributed by atoms with Crippen LogP contribution in [0, 0.1) is 0 Å². The molecule has 0 aliphatic carbocycles. The van der Waals surface area contributed by atoms with E-state index in [1.807, 2.05) is 54.6 Å². The molecule has 0 bridgehead atoms. The first-order chi connectivity index (χ1) is 14.4. The fourth-order valence-corrected chi connectivity index (χ4v) is 5.94. The standard InChI is InChI=1S/C21H22N4O3S2/c1-25(16-11-12-30(27,28)14-16)19(26)13-29-21-23-18-10-6-5-9-17(18)20(24-21)22-15-7-3-2-4-8-15/h2-10,16H,11-14H2,1H3,(H,22,23,24). The molecule has 0 spiro atoms. The SMILES string of the molecule is CN(C(=O)CSc1nc(Nc2ccccc2)c2ccccc2n1)C1CCS(=O)(=O)C1. The predicted octanol–water partition coefficient (Wildman–Crippen LogP) is 3.11. The minimum Gasteiger partial charge on any atom is -0.341 e. The lowest BCUT2D eigenvalue weighted by atomic mass is 10.2. The number of carbonyl (C=O) groups is 1. The van der Waals surface area contributed by atoms with Crippen LogP contribution in [0.2, 0.25) is 0 Å². The average molecular weight is 443 g/mol. The van der Waals surface area contributed by atoms with E-state index in [0.717, 1.165) is 16.6 Å². The molecule has 0 saturated carbocycles. The summed E-state index contributed by atoms with van der Waals surface area (Å²) in [6.45, 7) is 0. The summed E-state index contributed by atoms with van der Waals surface area (Å²) in [6, 6.07) is 17.2. The first-order valence-corrected chi connectivity index (χ1v) is 12.4. The topological polar surface area (TPSA) is 92.3 Å². The van der Waals surface area contributed by atoms with Crippen LogP contribution in [0.1, 0.15) is 6.42 Å². The molecule has 1 aliphatic heterocycles. The Morgan fingerprint density at radius 1 is 1.13 bits per heavy atom. The summed E-state index contributed by atoms with van der Waals surface area (Å²) in [6.07, 6.45) is 0.493. The van der Waals surface area contributed by atoms with Crippen molar-refractivity contribution in [2.24, 2.45) is 0 Å². The van der Waals surface area contributed by atoms with Gasteiger partial charge in [0.25, 0.3) is 0 Å². The zero-order valence-electron chi connectivity index (χ0n) is 16.5. The van der Waals surface area contributed by atoms with Crippen LogP contribution in [-0.2, 0) is 14.6 Å². The number of nitrogens with one attached hydrogen (secondary N) is 1. The fraction of sp³-hybridized carbons (Fsp3) is 0.286. The molecular weight excluding hydrogens is 420 g/mol. The van der Waals surface area contributed by atoms with Crippen LogP contribution in [0.4, 0.5) is 11.5 Å². The summed E-state index contributed by atoms with van der Waals surface area (Å²) in [5, 5.41) is 4.71. The quantitative estimate of drug-likeness (QED) is 0.463. The van der Waals surface area contributed by atoms with Gasteiger partial charge in [-0.05, 0) is 30.7 Å². The highest BCUT2D eigenvalue weighted by molar-refractivity contribution is 7.99. The number of sulfone groups is 1. The Bertz CT molecular complexity index is 1170. The Hall–Kier alpha value is -2.65. The van der Waals surface area contributed by atoms with Crippen molar-refractivity contribution in [3.63, 3.8) is 0 Å². The molecule has 1 amide bonds. The van der Waals surface area contributed by atoms with Crippen molar-refractivity contribution in [1.29, 1.82) is 0 Å². The van der Waals surface area contributed by atoms with Crippen LogP contribution in [0.3, 0.4) is 0 Å². The van der Waals surface area contributed by atoms with E-state index in [9.17, 15) is 13.2 Å². The maximum absolute atomic E-state index is 12.6. The molecule has 1 aromatic heterocycles. The van der Waals surface area contributed by atoms with Crippen LogP contribution in [0.5, 0.6) is 0 Å². The van der Waals surface area contributed by atoms with E-state index < -0.39 is 9.84 Å². The molecule has 30 heavy (non-hydrogen) atoms. The van der Waals surface area contributed by atoms with Gasteiger partial charge in [0.1, 0.15) is 5.82 Å². The smallest absolute Gasteiger partial charge is 0.233 e. The molecule has 9 heteroatoms. The number of para-hydroxylation sites is 2. The molecule has 3 aromatic rings. The molecule has 0 radical (unpaired) electrons. The second-order valence-corrected chi connectivity index (χ2v) is 10.4. The van der Waals surface area contributed by atoms with Crippen LogP contribution >= 0.6 is 11.8 Å². The number of fused-ring (bicyclic) bond motifs is 1. The minimum absolute atomic E-state index is 0.0392. The number of hydrogen-bond acceptors (Lipinski definition) is 7. The van der Waals surface area contributed by atoms with Gasteiger partial charge in [-0.15, -0.1) is 0 Å². The van der Waals surface area contributed by atoms with Crippen molar-refractivity contribution >= 4 is 49.9 Å². The molecule has 156 valence electrons. The lowest BCUT2D eigenvalue weighted by Gasteiger charge is -2.23. The average Bonchev–Trinajstić information content (AvgIpc) is 3.12. The lowest BCUT2D eigenvalue weighted by molar-refractivity contribution is -0.128. The van der Waals surface area contributed by atoms with Gasteiger partial charge in [-0.1, -0.05) is 42.1 Å². The van der Waals surface area contributed by atoms with Crippen molar-refractivity contribution in [3.8, 4) is 0 Å². The van der Waals surface area contributed by atoms with Crippen LogP contribution in [-0.4, -0.2) is 59.5 Å². The fourth-order valence-electron chi connectivity index (χ4n) is 3.39. The van der Waals surface area contributed by atoms with Crippen molar-refractivity contribution < 1.29 is 13.2 Å². The van der Waals surface area contributed by atoms with E-state index in [2.05, 4.69) is 15.3 Å². The highest BCUT2D eigenvalue weighted by Gasteiger charge is 2.32. The van der Waals surface area contributed by atoms with E-state index in [1.54, 1.807) is 11.9 Å². The molecule has 1 fully saturated rings. The number of nitrogens with zero attached hydrogens (tertiary/aromatic N) is 3. The molecule has 4 rings (SSSR count). The van der Waals surface area contributed by atoms with E-state index >= 15 is 0 Å². The van der Waals surface area contributed by atoms with Crippen LogP contribution in [0.15, 0.2) is 59.8 Å². The van der Waals surface area contributed by atoms with Gasteiger partial charge < -0.3 is 10.2 Å². The molecule has 1 atom stereocenters. The van der Waals surface area contributed by atoms with Gasteiger partial charge in [0.15, 0.2) is 15.0 Å². The lowest BCUT2D eigenvalue weighted by Crippen LogP contribution is -2.38. The van der Waals surface area contributed by atoms with Crippen LogP contribution in [0.25, 0.3) is 10.9 Å². The van der Waals surface area contributed by atoms with Crippen LogP contribution < -0.4 is 5.32 Å². The van der Waals surface area contributed by atoms with Gasteiger partial charge >= 0.3 is 0 Å². The van der Waals surface area contributed by atoms with Gasteiger partial charge in [0.2, 0.25) is 5.91 Å². The van der Waals surface area contributed by atoms with Crippen molar-refractivity contribution in [2.45, 2.75) is 17.6 Å². The molecule has 7 nitrogen and oxygen atoms in total. The number of aromatic nitrogens is 2. The molecule has 2 heterocycles. The third-order valence-corrected chi connectivity index (χ3v) is 7.68. The number of hydrogen-bond donors (Lipinski definition) is 1. The Kier molecular flexibility index (Phi) is 5.92. The largest absolute Gasteiger partial charge is 0.341 e. The first-order valence-electron chi connectivity index (χ1n) is 9.59. The van der Waals surface area contributed by atoms with Gasteiger partial charge in [0.05, 0.1) is 22.8 Å². The third kappa shape index (κ3) is 4.73. The summed E-state index contributed by atoms with van der Waals surface area (Å²) in [7, 11) is -1.37. The van der Waals surface area contributed by atoms with Crippen molar-refractivity contribution in [3.05, 3.63) is 54.6 Å². The monoisotopic (exact) mass is 442 g/mol. The summed E-state index contributed by atoms with van der Waals surface area (Å²) in [5.41, 5.74) is 1.70. The van der Waals surface area contributed by atoms with Gasteiger partial charge in [0, 0.05) is 24.2 Å². The Labute approximate surface area is 179 Å². The Morgan fingerprint density at radius 2 is 1.87 bits per heavy atom. The van der Waals surface area contributed by atoms with Gasteiger partial charge in [-0.3, -0.25) is 4.79 Å². The summed E-state index contributed by atoms with van der Waals surface area (Å²) in [4.78, 5) is 23.3. The summed E-state index contributed by atoms with van der Waals surface area (Å²) in [5.74, 6) is 0.881. The van der Waals surface area contributed by atoms with Gasteiger partial charge in [-0.2, -0.15) is 0 Å². The second kappa shape index (κ2) is 8.61. The van der Waals surface area contributed by atoms with Gasteiger partial charge in [-0.25, -0.2) is 18.4 Å². The number of carbonyl (C=O) groups excluding carboxylic acids is 1. The molecule has 1 aliphatic rings. The number of anilines is 2. The highest BCUT2D eigenvalue weighted by atomic mass is 32.2. The number of amides is 1. The second-order valence-electron chi connectivity index (χ2n) is 7.21. The maximum atomic E-state index is 12.6.